The van der Waals surface area contributed by atoms with Gasteiger partial charge in [0.15, 0.2) is 0 Å². The highest BCUT2D eigenvalue weighted by atomic mass is 16.5. The Hall–Kier alpha value is -2.75. The highest BCUT2D eigenvalue weighted by Crippen LogP contribution is 2.27. The Bertz CT molecular complexity index is 905. The quantitative estimate of drug-likeness (QED) is 0.682. The molecule has 0 saturated carbocycles. The number of amides is 1. The topological polar surface area (TPSA) is 43.3 Å². The summed E-state index contributed by atoms with van der Waals surface area (Å²) in [6.45, 7) is 6.15. The second-order valence-corrected chi connectivity index (χ2v) is 6.47. The van der Waals surface area contributed by atoms with Gasteiger partial charge >= 0.3 is 0 Å². The number of nitrogens with zero attached hydrogens (tertiary/aromatic N) is 1. The summed E-state index contributed by atoms with van der Waals surface area (Å²) in [7, 11) is 1.66. The lowest BCUT2D eigenvalue weighted by Crippen LogP contribution is -2.24. The molecule has 1 atom stereocenters. The van der Waals surface area contributed by atoms with Gasteiger partial charge in [-0.05, 0) is 55.2 Å². The van der Waals surface area contributed by atoms with Crippen LogP contribution in [0.15, 0.2) is 48.7 Å². The van der Waals surface area contributed by atoms with Crippen molar-refractivity contribution >= 4 is 22.5 Å². The molecule has 1 amide bonds. The molecule has 1 unspecified atom stereocenters. The Morgan fingerprint density at radius 3 is 2.42 bits per heavy atom. The van der Waals surface area contributed by atoms with Gasteiger partial charge in [-0.1, -0.05) is 32.0 Å². The summed E-state index contributed by atoms with van der Waals surface area (Å²) < 4.78 is 7.29. The van der Waals surface area contributed by atoms with E-state index in [1.165, 1.54) is 11.1 Å². The number of rotatable bonds is 6. The van der Waals surface area contributed by atoms with E-state index in [0.717, 1.165) is 35.2 Å². The highest BCUT2D eigenvalue weighted by molar-refractivity contribution is 5.96. The van der Waals surface area contributed by atoms with Gasteiger partial charge in [0.05, 0.1) is 7.11 Å². The van der Waals surface area contributed by atoms with Gasteiger partial charge < -0.3 is 14.6 Å². The van der Waals surface area contributed by atoms with E-state index in [0.29, 0.717) is 0 Å². The molecule has 0 bridgehead atoms. The first-order valence-electron chi connectivity index (χ1n) is 9.15. The summed E-state index contributed by atoms with van der Waals surface area (Å²) in [6, 6.07) is 13.8. The standard InChI is InChI=1S/C22H26N2O2/c1-5-16-8-7-9-17(6-2)21(16)23-22(25)15(3)24-13-12-18-14-19(26-4)10-11-20(18)24/h7-15H,5-6H2,1-4H3,(H,23,25). The number of carbonyl (C=O) groups is 1. The number of fused-ring (bicyclic) bond motifs is 1. The van der Waals surface area contributed by atoms with Crippen LogP contribution >= 0.6 is 0 Å². The Balaban J connectivity index is 1.90. The van der Waals surface area contributed by atoms with Crippen LogP contribution in [0.1, 0.15) is 37.9 Å². The number of anilines is 1. The van der Waals surface area contributed by atoms with Crippen LogP contribution in [0.5, 0.6) is 5.75 Å². The van der Waals surface area contributed by atoms with Gasteiger partial charge in [-0.25, -0.2) is 0 Å². The van der Waals surface area contributed by atoms with Gasteiger partial charge in [0.2, 0.25) is 5.91 Å². The van der Waals surface area contributed by atoms with Gasteiger partial charge in [-0.2, -0.15) is 0 Å². The molecule has 3 rings (SSSR count). The Morgan fingerprint density at radius 2 is 1.81 bits per heavy atom. The summed E-state index contributed by atoms with van der Waals surface area (Å²) in [6.07, 6.45) is 3.75. The molecule has 0 spiro atoms. The third kappa shape index (κ3) is 3.32. The molecule has 1 N–H and O–H groups in total. The van der Waals surface area contributed by atoms with Gasteiger partial charge in [0.1, 0.15) is 11.8 Å². The van der Waals surface area contributed by atoms with Crippen LogP contribution in [-0.2, 0) is 17.6 Å². The minimum Gasteiger partial charge on any atom is -0.497 e. The lowest BCUT2D eigenvalue weighted by molar-refractivity contribution is -0.118. The van der Waals surface area contributed by atoms with E-state index in [2.05, 4.69) is 37.4 Å². The zero-order chi connectivity index (χ0) is 18.7. The van der Waals surface area contributed by atoms with Crippen LogP contribution in [0.25, 0.3) is 10.9 Å². The predicted octanol–water partition coefficient (Wildman–Crippen LogP) is 4.97. The number of methoxy groups -OCH3 is 1. The van der Waals surface area contributed by atoms with Crippen LogP contribution in [0.4, 0.5) is 5.69 Å². The molecule has 3 aromatic rings. The molecule has 4 heteroatoms. The highest BCUT2D eigenvalue weighted by Gasteiger charge is 2.19. The lowest BCUT2D eigenvalue weighted by atomic mass is 10.0. The predicted molar refractivity (Wildman–Crippen MR) is 107 cm³/mol. The number of carbonyl (C=O) groups excluding carboxylic acids is 1. The molecule has 0 saturated heterocycles. The molecule has 2 aromatic carbocycles. The molecule has 0 radical (unpaired) electrons. The van der Waals surface area contributed by atoms with Gasteiger partial charge in [0.25, 0.3) is 0 Å². The summed E-state index contributed by atoms with van der Waals surface area (Å²) >= 11 is 0. The fraction of sp³-hybridized carbons (Fsp3) is 0.318. The van der Waals surface area contributed by atoms with Crippen molar-refractivity contribution in [1.82, 2.24) is 4.57 Å². The number of ether oxygens (including phenoxy) is 1. The molecule has 0 aliphatic heterocycles. The smallest absolute Gasteiger partial charge is 0.247 e. The fourth-order valence-electron chi connectivity index (χ4n) is 3.36. The maximum absolute atomic E-state index is 13.0. The number of para-hydroxylation sites is 1. The maximum atomic E-state index is 13.0. The number of hydrogen-bond acceptors (Lipinski definition) is 2. The molecule has 4 nitrogen and oxygen atoms in total. The van der Waals surface area contributed by atoms with Crippen molar-refractivity contribution in [3.05, 3.63) is 59.8 Å². The zero-order valence-electron chi connectivity index (χ0n) is 15.9. The normalized spacial score (nSPS) is 12.2. The van der Waals surface area contributed by atoms with Crippen molar-refractivity contribution in [2.75, 3.05) is 12.4 Å². The van der Waals surface area contributed by atoms with Crippen LogP contribution in [0, 0.1) is 0 Å². The monoisotopic (exact) mass is 350 g/mol. The second kappa shape index (κ2) is 7.65. The van der Waals surface area contributed by atoms with Gasteiger partial charge in [0, 0.05) is 22.8 Å². The van der Waals surface area contributed by atoms with Crippen molar-refractivity contribution in [3.8, 4) is 5.75 Å². The SMILES string of the molecule is CCc1cccc(CC)c1NC(=O)C(C)n1ccc2cc(OC)ccc21. The summed E-state index contributed by atoms with van der Waals surface area (Å²) in [5, 5.41) is 4.23. The first kappa shape index (κ1) is 18.1. The number of benzene rings is 2. The summed E-state index contributed by atoms with van der Waals surface area (Å²) in [5.74, 6) is 0.811. The van der Waals surface area contributed by atoms with Crippen molar-refractivity contribution in [2.24, 2.45) is 0 Å². The van der Waals surface area contributed by atoms with Crippen LogP contribution in [0.2, 0.25) is 0 Å². The molecule has 136 valence electrons. The lowest BCUT2D eigenvalue weighted by Gasteiger charge is -2.19. The van der Waals surface area contributed by atoms with Crippen molar-refractivity contribution in [2.45, 2.75) is 39.7 Å². The first-order valence-corrected chi connectivity index (χ1v) is 9.15. The third-order valence-corrected chi connectivity index (χ3v) is 4.97. The van der Waals surface area contributed by atoms with Crippen LogP contribution < -0.4 is 10.1 Å². The Morgan fingerprint density at radius 1 is 1.12 bits per heavy atom. The van der Waals surface area contributed by atoms with E-state index in [9.17, 15) is 4.79 Å². The second-order valence-electron chi connectivity index (χ2n) is 6.47. The average molecular weight is 350 g/mol. The van der Waals surface area contributed by atoms with E-state index >= 15 is 0 Å². The van der Waals surface area contributed by atoms with Gasteiger partial charge in [-0.15, -0.1) is 0 Å². The molecule has 26 heavy (non-hydrogen) atoms. The Kier molecular flexibility index (Phi) is 5.31. The van der Waals surface area contributed by atoms with Crippen molar-refractivity contribution in [1.29, 1.82) is 0 Å². The summed E-state index contributed by atoms with van der Waals surface area (Å²) in [5.41, 5.74) is 4.33. The molecule has 1 aromatic heterocycles. The molecular weight excluding hydrogens is 324 g/mol. The minimum atomic E-state index is -0.310. The van der Waals surface area contributed by atoms with E-state index in [1.54, 1.807) is 7.11 Å². The van der Waals surface area contributed by atoms with E-state index in [1.807, 2.05) is 42.0 Å². The third-order valence-electron chi connectivity index (χ3n) is 4.97. The van der Waals surface area contributed by atoms with E-state index in [4.69, 9.17) is 4.74 Å². The fourth-order valence-corrected chi connectivity index (χ4v) is 3.36. The van der Waals surface area contributed by atoms with Crippen LogP contribution in [-0.4, -0.2) is 17.6 Å². The minimum absolute atomic E-state index is 0.00563. The van der Waals surface area contributed by atoms with Crippen LogP contribution in [0.3, 0.4) is 0 Å². The number of nitrogens with one attached hydrogen (secondary N) is 1. The Labute approximate surface area is 154 Å². The largest absolute Gasteiger partial charge is 0.497 e. The summed E-state index contributed by atoms with van der Waals surface area (Å²) in [4.78, 5) is 13.0. The number of hydrogen-bond donors (Lipinski definition) is 1. The first-order chi connectivity index (χ1) is 12.6. The average Bonchev–Trinajstić information content (AvgIpc) is 3.10. The molecular formula is C22H26N2O2. The molecule has 0 aliphatic rings. The van der Waals surface area contributed by atoms with E-state index < -0.39 is 0 Å². The maximum Gasteiger partial charge on any atom is 0.247 e. The number of aromatic nitrogens is 1. The van der Waals surface area contributed by atoms with Crippen molar-refractivity contribution < 1.29 is 9.53 Å². The van der Waals surface area contributed by atoms with E-state index in [-0.39, 0.29) is 11.9 Å². The number of aryl methyl sites for hydroxylation is 2. The molecule has 1 heterocycles. The van der Waals surface area contributed by atoms with Crippen molar-refractivity contribution in [3.63, 3.8) is 0 Å². The molecule has 0 aliphatic carbocycles. The zero-order valence-corrected chi connectivity index (χ0v) is 15.9. The molecule has 0 fully saturated rings. The van der Waals surface area contributed by atoms with Gasteiger partial charge in [-0.3, -0.25) is 4.79 Å².